The minimum atomic E-state index is 0.0292. The Labute approximate surface area is 117 Å². The highest BCUT2D eigenvalue weighted by molar-refractivity contribution is 5.57. The molecule has 2 aliphatic heterocycles. The first-order valence-electron chi connectivity index (χ1n) is 7.17. The molecule has 0 radical (unpaired) electrons. The van der Waals surface area contributed by atoms with Crippen molar-refractivity contribution >= 4 is 5.69 Å². The van der Waals surface area contributed by atoms with E-state index in [1.165, 1.54) is 11.3 Å². The van der Waals surface area contributed by atoms with Gasteiger partial charge in [0.05, 0.1) is 0 Å². The van der Waals surface area contributed by atoms with Crippen molar-refractivity contribution in [2.45, 2.75) is 31.3 Å². The van der Waals surface area contributed by atoms with Gasteiger partial charge in [-0.2, -0.15) is 4.98 Å². The first-order valence-corrected chi connectivity index (χ1v) is 7.17. The molecule has 3 heterocycles. The largest absolute Gasteiger partial charge is 0.384 e. The van der Waals surface area contributed by atoms with Gasteiger partial charge in [-0.15, -0.1) is 0 Å². The lowest BCUT2D eigenvalue weighted by molar-refractivity contribution is 0.103. The van der Waals surface area contributed by atoms with E-state index < -0.39 is 0 Å². The Morgan fingerprint density at radius 2 is 2.25 bits per heavy atom. The summed E-state index contributed by atoms with van der Waals surface area (Å²) >= 11 is 0. The van der Waals surface area contributed by atoms with E-state index in [0.717, 1.165) is 32.4 Å². The molecule has 5 heteroatoms. The topological polar surface area (TPSA) is 60.2 Å². The normalized spacial score (nSPS) is 24.6. The number of rotatable bonds is 3. The van der Waals surface area contributed by atoms with Crippen molar-refractivity contribution in [2.24, 2.45) is 0 Å². The monoisotopic (exact) mass is 271 g/mol. The lowest BCUT2D eigenvalue weighted by Crippen LogP contribution is -2.06. The third-order valence-corrected chi connectivity index (χ3v) is 4.06. The highest BCUT2D eigenvalue weighted by atomic mass is 16.5. The molecule has 2 aromatic rings. The molecule has 1 N–H and O–H groups in total. The molecule has 0 saturated carbocycles. The second-order valence-electron chi connectivity index (χ2n) is 5.42. The minimum absolute atomic E-state index is 0.0292. The maximum atomic E-state index is 5.58. The maximum absolute atomic E-state index is 5.58. The first kappa shape index (κ1) is 11.9. The van der Waals surface area contributed by atoms with Crippen LogP contribution in [0, 0.1) is 0 Å². The molecule has 0 bridgehead atoms. The first-order chi connectivity index (χ1) is 9.90. The van der Waals surface area contributed by atoms with Gasteiger partial charge in [0.15, 0.2) is 0 Å². The van der Waals surface area contributed by atoms with Crippen molar-refractivity contribution in [1.29, 1.82) is 0 Å². The van der Waals surface area contributed by atoms with Gasteiger partial charge in [-0.05, 0) is 24.5 Å². The molecule has 1 fully saturated rings. The van der Waals surface area contributed by atoms with E-state index in [2.05, 4.69) is 39.7 Å². The van der Waals surface area contributed by atoms with E-state index in [1.54, 1.807) is 0 Å². The van der Waals surface area contributed by atoms with Crippen molar-refractivity contribution in [3.63, 3.8) is 0 Å². The summed E-state index contributed by atoms with van der Waals surface area (Å²) in [6.45, 7) is 1.73. The number of nitrogens with zero attached hydrogens (tertiary/aromatic N) is 2. The number of anilines is 1. The molecule has 20 heavy (non-hydrogen) atoms. The second kappa shape index (κ2) is 4.90. The van der Waals surface area contributed by atoms with Crippen LogP contribution in [0.2, 0.25) is 0 Å². The zero-order chi connectivity index (χ0) is 13.4. The molecule has 1 aromatic heterocycles. The van der Waals surface area contributed by atoms with Gasteiger partial charge in [-0.25, -0.2) is 0 Å². The average molecular weight is 271 g/mol. The van der Waals surface area contributed by atoms with Crippen LogP contribution in [0.3, 0.4) is 0 Å². The Bertz CT molecular complexity index is 605. The van der Waals surface area contributed by atoms with Crippen LogP contribution >= 0.6 is 0 Å². The number of fused-ring (bicyclic) bond motifs is 1. The van der Waals surface area contributed by atoms with Gasteiger partial charge in [-0.3, -0.25) is 0 Å². The number of hydrogen-bond acceptors (Lipinski definition) is 5. The summed E-state index contributed by atoms with van der Waals surface area (Å²) in [6, 6.07) is 8.40. The van der Waals surface area contributed by atoms with Gasteiger partial charge in [0.25, 0.3) is 0 Å². The number of benzene rings is 1. The van der Waals surface area contributed by atoms with Crippen LogP contribution in [0.15, 0.2) is 28.8 Å². The molecule has 2 unspecified atom stereocenters. The Morgan fingerprint density at radius 1 is 1.30 bits per heavy atom. The molecule has 0 spiro atoms. The van der Waals surface area contributed by atoms with E-state index >= 15 is 0 Å². The Morgan fingerprint density at radius 3 is 3.15 bits per heavy atom. The van der Waals surface area contributed by atoms with Crippen LogP contribution in [0.1, 0.15) is 42.1 Å². The van der Waals surface area contributed by atoms with Crippen molar-refractivity contribution < 1.29 is 9.26 Å². The molecule has 2 atom stereocenters. The molecule has 4 rings (SSSR count). The fraction of sp³-hybridized carbons (Fsp3) is 0.467. The smallest absolute Gasteiger partial charge is 0.227 e. The third-order valence-electron chi connectivity index (χ3n) is 4.06. The Hall–Kier alpha value is -1.88. The average Bonchev–Trinajstić information content (AvgIpc) is 3.19. The third kappa shape index (κ3) is 2.08. The molecule has 104 valence electrons. The fourth-order valence-corrected chi connectivity index (χ4v) is 3.01. The quantitative estimate of drug-likeness (QED) is 0.930. The predicted molar refractivity (Wildman–Crippen MR) is 73.6 cm³/mol. The predicted octanol–water partition coefficient (Wildman–Crippen LogP) is 2.67. The number of ether oxygens (including phenoxy) is 1. The van der Waals surface area contributed by atoms with Crippen LogP contribution in [0.5, 0.6) is 0 Å². The molecule has 1 aromatic carbocycles. The van der Waals surface area contributed by atoms with E-state index in [0.29, 0.717) is 17.6 Å². The zero-order valence-corrected chi connectivity index (χ0v) is 11.2. The van der Waals surface area contributed by atoms with E-state index in [1.807, 2.05) is 0 Å². The molecule has 0 aliphatic carbocycles. The standard InChI is InChI=1S/C15H17N3O2/c1-2-5-12-11(4-1)10(9-16-12)8-14-17-15(18-20-14)13-6-3-7-19-13/h1-2,4-5,10,13,16H,3,6-9H2. The van der Waals surface area contributed by atoms with E-state index in [4.69, 9.17) is 9.26 Å². The number of hydrogen-bond donors (Lipinski definition) is 1. The highest BCUT2D eigenvalue weighted by Crippen LogP contribution is 2.33. The molecule has 0 amide bonds. The van der Waals surface area contributed by atoms with Crippen molar-refractivity contribution in [3.05, 3.63) is 41.5 Å². The zero-order valence-electron chi connectivity index (χ0n) is 11.2. The van der Waals surface area contributed by atoms with Gasteiger partial charge in [0, 0.05) is 31.2 Å². The SMILES string of the molecule is c1ccc2c(c1)NCC2Cc1nc(C2CCCO2)no1. The summed E-state index contributed by atoms with van der Waals surface area (Å²) in [5.74, 6) is 1.82. The second-order valence-corrected chi connectivity index (χ2v) is 5.42. The Kier molecular flexibility index (Phi) is 2.92. The van der Waals surface area contributed by atoms with Gasteiger partial charge in [0.1, 0.15) is 6.10 Å². The molecule has 1 saturated heterocycles. The molecule has 2 aliphatic rings. The van der Waals surface area contributed by atoms with Gasteiger partial charge < -0.3 is 14.6 Å². The highest BCUT2D eigenvalue weighted by Gasteiger charge is 2.26. The number of para-hydroxylation sites is 1. The van der Waals surface area contributed by atoms with E-state index in [-0.39, 0.29) is 6.10 Å². The van der Waals surface area contributed by atoms with E-state index in [9.17, 15) is 0 Å². The van der Waals surface area contributed by atoms with Crippen LogP contribution in [0.25, 0.3) is 0 Å². The van der Waals surface area contributed by atoms with Crippen LogP contribution in [0.4, 0.5) is 5.69 Å². The molecular formula is C15H17N3O2. The molecular weight excluding hydrogens is 254 g/mol. The summed E-state index contributed by atoms with van der Waals surface area (Å²) in [7, 11) is 0. The lowest BCUT2D eigenvalue weighted by Gasteiger charge is -2.06. The van der Waals surface area contributed by atoms with Gasteiger partial charge >= 0.3 is 0 Å². The van der Waals surface area contributed by atoms with Gasteiger partial charge in [0.2, 0.25) is 11.7 Å². The van der Waals surface area contributed by atoms with Crippen molar-refractivity contribution in [2.75, 3.05) is 18.5 Å². The fourth-order valence-electron chi connectivity index (χ4n) is 3.01. The van der Waals surface area contributed by atoms with Crippen molar-refractivity contribution in [1.82, 2.24) is 10.1 Å². The molecule has 5 nitrogen and oxygen atoms in total. The summed E-state index contributed by atoms with van der Waals surface area (Å²) in [5, 5.41) is 7.48. The van der Waals surface area contributed by atoms with Crippen LogP contribution in [-0.2, 0) is 11.2 Å². The summed E-state index contributed by atoms with van der Waals surface area (Å²) in [4.78, 5) is 4.50. The summed E-state index contributed by atoms with van der Waals surface area (Å²) in [6.07, 6.45) is 2.88. The van der Waals surface area contributed by atoms with Crippen LogP contribution in [-0.4, -0.2) is 23.3 Å². The lowest BCUT2D eigenvalue weighted by atomic mass is 9.98. The van der Waals surface area contributed by atoms with Crippen LogP contribution < -0.4 is 5.32 Å². The van der Waals surface area contributed by atoms with Gasteiger partial charge in [-0.1, -0.05) is 23.4 Å². The Balaban J connectivity index is 1.50. The summed E-state index contributed by atoms with van der Waals surface area (Å²) in [5.41, 5.74) is 2.56. The minimum Gasteiger partial charge on any atom is -0.384 e. The number of aromatic nitrogens is 2. The summed E-state index contributed by atoms with van der Waals surface area (Å²) < 4.78 is 11.0. The number of nitrogens with one attached hydrogen (secondary N) is 1. The maximum Gasteiger partial charge on any atom is 0.227 e. The van der Waals surface area contributed by atoms with Crippen molar-refractivity contribution in [3.8, 4) is 0 Å².